The molecule has 0 fully saturated rings. The smallest absolute Gasteiger partial charge is 0.332 e. The molecular formula is C12H17O9P3. The number of methoxy groups -OCH3 is 2. The lowest BCUT2D eigenvalue weighted by atomic mass is 10.0. The fraction of sp³-hybridized carbons (Fsp3) is 0.500. The van der Waals surface area contributed by atoms with Gasteiger partial charge in [0.15, 0.2) is 0 Å². The zero-order chi connectivity index (χ0) is 18.6. The van der Waals surface area contributed by atoms with Gasteiger partial charge in [0.1, 0.15) is 0 Å². The van der Waals surface area contributed by atoms with Crippen LogP contribution in [0.2, 0.25) is 0 Å². The van der Waals surface area contributed by atoms with Gasteiger partial charge in [-0.05, 0) is 23.8 Å². The molecule has 0 saturated heterocycles. The molecule has 0 aliphatic heterocycles. The molecular weight excluding hydrogens is 381 g/mol. The summed E-state index contributed by atoms with van der Waals surface area (Å²) < 4.78 is 48.3. The fourth-order valence-electron chi connectivity index (χ4n) is 1.87. The van der Waals surface area contributed by atoms with E-state index >= 15 is 0 Å². The van der Waals surface area contributed by atoms with Gasteiger partial charge in [-0.3, -0.25) is 13.7 Å². The molecule has 0 radical (unpaired) electrons. The average molecular weight is 398 g/mol. The van der Waals surface area contributed by atoms with Crippen molar-refractivity contribution in [2.45, 2.75) is 17.2 Å². The zero-order valence-electron chi connectivity index (χ0n) is 13.1. The highest BCUT2D eigenvalue weighted by Crippen LogP contribution is 2.46. The van der Waals surface area contributed by atoms with Gasteiger partial charge in [0.2, 0.25) is 16.9 Å². The number of benzene rings is 1. The lowest BCUT2D eigenvalue weighted by molar-refractivity contribution is -0.123. The first-order valence-electron chi connectivity index (χ1n) is 6.36. The van der Waals surface area contributed by atoms with Crippen molar-refractivity contribution in [3.63, 3.8) is 0 Å². The van der Waals surface area contributed by atoms with Crippen LogP contribution < -0.4 is 0 Å². The Bertz CT molecular complexity index is 627. The van der Waals surface area contributed by atoms with Crippen molar-refractivity contribution in [2.75, 3.05) is 21.3 Å². The first kappa shape index (κ1) is 21.5. The summed E-state index contributed by atoms with van der Waals surface area (Å²) in [6, 6.07) is 3.65. The van der Waals surface area contributed by atoms with Crippen molar-refractivity contribution >= 4 is 24.5 Å². The molecule has 1 rings (SSSR count). The Morgan fingerprint density at radius 2 is 1.42 bits per heavy atom. The van der Waals surface area contributed by atoms with E-state index in [9.17, 15) is 28.8 Å². The Balaban J connectivity index is 3.59. The topological polar surface area (TPSA) is 140 Å². The molecule has 9 nitrogen and oxygen atoms in total. The van der Waals surface area contributed by atoms with Crippen molar-refractivity contribution in [1.82, 2.24) is 0 Å². The molecule has 24 heavy (non-hydrogen) atoms. The maximum atomic E-state index is 11.8. The standard InChI is InChI=1S/C12H17O9P3/c1-19-11(13,22-15)9-4-8(7-24(17,18)21-3)5-10(6-9)12(14,20-2)23-16/h4-6,13-14H,7H2,1-3H3,(H,17,18). The third-order valence-corrected chi connectivity index (χ3v) is 5.94. The van der Waals surface area contributed by atoms with Gasteiger partial charge in [-0.1, -0.05) is 0 Å². The maximum absolute atomic E-state index is 11.8. The van der Waals surface area contributed by atoms with Crippen LogP contribution in [0, 0.1) is 0 Å². The SMILES string of the molecule is COC(O)(P=O)c1cc(CP(=O)(O)OC)cc(C(O)(OC)P=O)c1. The summed E-state index contributed by atoms with van der Waals surface area (Å²) in [5.74, 6) is 0. The Morgan fingerprint density at radius 3 is 1.71 bits per heavy atom. The number of hydrogen-bond acceptors (Lipinski definition) is 8. The number of hydrogen-bond donors (Lipinski definition) is 3. The van der Waals surface area contributed by atoms with Crippen LogP contribution in [0.5, 0.6) is 0 Å². The van der Waals surface area contributed by atoms with E-state index < -0.39 is 41.7 Å². The summed E-state index contributed by atoms with van der Waals surface area (Å²) in [5, 5.41) is 20.4. The normalized spacial score (nSPS) is 19.6. The Morgan fingerprint density at radius 1 is 1.00 bits per heavy atom. The van der Waals surface area contributed by atoms with Gasteiger partial charge in [-0.25, -0.2) is 0 Å². The van der Waals surface area contributed by atoms with Gasteiger partial charge >= 0.3 is 7.60 Å². The quantitative estimate of drug-likeness (QED) is 0.421. The monoisotopic (exact) mass is 398 g/mol. The highest BCUT2D eigenvalue weighted by atomic mass is 31.2. The van der Waals surface area contributed by atoms with E-state index in [2.05, 4.69) is 4.52 Å². The number of rotatable bonds is 9. The van der Waals surface area contributed by atoms with E-state index in [1.54, 1.807) is 0 Å². The second kappa shape index (κ2) is 8.19. The molecule has 0 amide bonds. The minimum absolute atomic E-state index is 0.107. The van der Waals surface area contributed by atoms with Gasteiger partial charge in [0.05, 0.1) is 6.16 Å². The molecule has 0 aromatic heterocycles. The van der Waals surface area contributed by atoms with Crippen molar-refractivity contribution in [3.05, 3.63) is 34.9 Å². The molecule has 1 aromatic carbocycles. The van der Waals surface area contributed by atoms with Crippen LogP contribution in [0.1, 0.15) is 16.7 Å². The van der Waals surface area contributed by atoms with Gasteiger partial charge < -0.3 is 29.1 Å². The first-order valence-corrected chi connectivity index (χ1v) is 9.75. The zero-order valence-corrected chi connectivity index (χ0v) is 15.8. The third-order valence-electron chi connectivity index (χ3n) is 3.23. The summed E-state index contributed by atoms with van der Waals surface area (Å²) in [6.45, 7) is 0. The Kier molecular flexibility index (Phi) is 7.32. The minimum Gasteiger partial charge on any atom is -0.353 e. The molecule has 12 heteroatoms. The molecule has 134 valence electrons. The predicted octanol–water partition coefficient (Wildman–Crippen LogP) is 2.10. The second-order valence-electron chi connectivity index (χ2n) is 4.70. The molecule has 0 bridgehead atoms. The van der Waals surface area contributed by atoms with Crippen LogP contribution in [0.25, 0.3) is 0 Å². The lowest BCUT2D eigenvalue weighted by Crippen LogP contribution is -2.25. The minimum atomic E-state index is -3.98. The fourth-order valence-corrected chi connectivity index (χ4v) is 3.26. The third kappa shape index (κ3) is 4.73. The van der Waals surface area contributed by atoms with Crippen LogP contribution in [-0.2, 0) is 44.9 Å². The van der Waals surface area contributed by atoms with E-state index in [0.717, 1.165) is 27.4 Å². The van der Waals surface area contributed by atoms with E-state index in [1.807, 2.05) is 0 Å². The summed E-state index contributed by atoms with van der Waals surface area (Å²) in [4.78, 5) is 9.61. The average Bonchev–Trinajstić information content (AvgIpc) is 2.59. The molecule has 0 aliphatic rings. The number of ether oxygens (including phenoxy) is 2. The van der Waals surface area contributed by atoms with Gasteiger partial charge in [0, 0.05) is 32.5 Å². The molecule has 1 aromatic rings. The summed E-state index contributed by atoms with van der Waals surface area (Å²) in [5.41, 5.74) is -4.63. The van der Waals surface area contributed by atoms with Crippen molar-refractivity contribution in [2.24, 2.45) is 0 Å². The van der Waals surface area contributed by atoms with Crippen LogP contribution >= 0.6 is 24.5 Å². The molecule has 0 aliphatic carbocycles. The van der Waals surface area contributed by atoms with E-state index in [1.165, 1.54) is 12.1 Å². The van der Waals surface area contributed by atoms with Crippen LogP contribution in [0.4, 0.5) is 0 Å². The number of aliphatic hydroxyl groups is 2. The highest BCUT2D eigenvalue weighted by Gasteiger charge is 2.36. The summed E-state index contributed by atoms with van der Waals surface area (Å²) >= 11 is 0. The highest BCUT2D eigenvalue weighted by molar-refractivity contribution is 7.51. The largest absolute Gasteiger partial charge is 0.353 e. The van der Waals surface area contributed by atoms with Crippen LogP contribution in [-0.4, -0.2) is 36.4 Å². The Hall–Kier alpha value is -0.590. The molecule has 3 N–H and O–H groups in total. The van der Waals surface area contributed by atoms with Crippen molar-refractivity contribution < 1.29 is 42.8 Å². The summed E-state index contributed by atoms with van der Waals surface area (Å²) in [7, 11) is -2.37. The van der Waals surface area contributed by atoms with E-state index in [-0.39, 0.29) is 16.7 Å². The lowest BCUT2D eigenvalue weighted by Gasteiger charge is -2.24. The van der Waals surface area contributed by atoms with Crippen molar-refractivity contribution in [1.29, 1.82) is 0 Å². The van der Waals surface area contributed by atoms with E-state index in [0.29, 0.717) is 0 Å². The van der Waals surface area contributed by atoms with Gasteiger partial charge in [-0.2, -0.15) is 0 Å². The van der Waals surface area contributed by atoms with E-state index in [4.69, 9.17) is 9.47 Å². The molecule has 3 unspecified atom stereocenters. The second-order valence-corrected chi connectivity index (χ2v) is 8.24. The predicted molar refractivity (Wildman–Crippen MR) is 84.0 cm³/mol. The molecule has 3 atom stereocenters. The summed E-state index contributed by atoms with van der Waals surface area (Å²) in [6.07, 6.45) is -0.477. The molecule has 0 spiro atoms. The molecule has 0 heterocycles. The molecule has 0 saturated carbocycles. The Labute approximate surface area is 141 Å². The van der Waals surface area contributed by atoms with Crippen molar-refractivity contribution in [3.8, 4) is 0 Å². The van der Waals surface area contributed by atoms with Gasteiger partial charge in [-0.15, -0.1) is 0 Å². The van der Waals surface area contributed by atoms with Gasteiger partial charge in [0.25, 0.3) is 11.1 Å². The first-order chi connectivity index (χ1) is 11.1. The van der Waals surface area contributed by atoms with Crippen LogP contribution in [0.15, 0.2) is 18.2 Å². The maximum Gasteiger partial charge on any atom is 0.332 e. The van der Waals surface area contributed by atoms with Crippen LogP contribution in [0.3, 0.4) is 0 Å².